The number of aromatic nitrogens is 4. The lowest BCUT2D eigenvalue weighted by Gasteiger charge is -2.37. The number of rotatable bonds is 20. The van der Waals surface area contributed by atoms with Crippen LogP contribution in [0.4, 0.5) is 4.79 Å². The fraction of sp³-hybridized carbons (Fsp3) is 0.198. The van der Waals surface area contributed by atoms with Crippen molar-refractivity contribution in [1.29, 1.82) is 0 Å². The fourth-order valence-electron chi connectivity index (χ4n) is 11.2. The van der Waals surface area contributed by atoms with E-state index in [1.165, 1.54) is 25.0 Å². The second-order valence-electron chi connectivity index (χ2n) is 25.5. The smallest absolute Gasteiger partial charge is 0.417 e. The Morgan fingerprint density at radius 3 is 1.12 bits per heavy atom. The summed E-state index contributed by atoms with van der Waals surface area (Å²) in [6.45, 7) is 11.9. The monoisotopic (exact) mass is 1500 g/mol. The van der Waals surface area contributed by atoms with E-state index in [9.17, 15) is 29.7 Å². The van der Waals surface area contributed by atoms with Crippen molar-refractivity contribution in [2.75, 3.05) is 6.61 Å². The number of aliphatic hydroxyl groups is 3. The van der Waals surface area contributed by atoms with Crippen molar-refractivity contribution in [2.45, 2.75) is 122 Å². The van der Waals surface area contributed by atoms with E-state index < -0.39 is 59.4 Å². The molecule has 3 N–H and O–H groups in total. The van der Waals surface area contributed by atoms with Crippen molar-refractivity contribution in [2.24, 2.45) is 0 Å². The van der Waals surface area contributed by atoms with Gasteiger partial charge in [-0.05, 0) is 217 Å². The zero-order chi connectivity index (χ0) is 81.9. The number of ether oxygens (including phenoxy) is 3. The third-order valence-electron chi connectivity index (χ3n) is 17.0. The van der Waals surface area contributed by atoms with Gasteiger partial charge in [-0.2, -0.15) is 0 Å². The highest BCUT2D eigenvalue weighted by Gasteiger charge is 2.58. The minimum absolute atomic E-state index is 0.00464. The molecule has 9 aromatic rings. The van der Waals surface area contributed by atoms with E-state index in [-0.39, 0.29) is 18.9 Å². The Labute approximate surface area is 673 Å². The minimum atomic E-state index is -1.90. The first-order valence-electron chi connectivity index (χ1n) is 36.0. The van der Waals surface area contributed by atoms with Crippen LogP contribution >= 0.6 is 0 Å². The number of aryl methyl sites for hydroxylation is 2. The number of imidazole rings is 2. The Morgan fingerprint density at radius 1 is 0.470 bits per heavy atom. The SMILES string of the molecule is C#CC#CC#CC#CC#CC#CC#CC#CC#CC#CC#CC#CC#CC#CC#CC#CC#CC.CCCc1ccc(-c2ccc(CO[C@](C)(C(=O)CO)[C@@H](O)c3cn4ccccc4n3)cc2)cc1.CCCc1ccc(-c2ccc(CO[C@](C)(C(=O)N3C(=O)OC(C)(C)[C@@H]3c3ccccc3)[C@@H](O)c3cn4ccccc4n3)cc2)cc1. The predicted molar refractivity (Wildman–Crippen MR) is 446 cm³/mol. The molecule has 5 atom stereocenters. The van der Waals surface area contributed by atoms with Gasteiger partial charge in [-0.25, -0.2) is 19.7 Å². The van der Waals surface area contributed by atoms with Crippen molar-refractivity contribution in [1.82, 2.24) is 23.7 Å². The van der Waals surface area contributed by atoms with Gasteiger partial charge in [0, 0.05) is 120 Å². The standard InChI is InChI=1S/C38H39N3O5.C35H4.C28H30N2O4/c1-5-11-26-15-19-28(20-16-26)29-21-17-27(18-22-29)25-45-38(4,34(42)31-24-40-23-10-9-14-32(40)39-31)35(43)41-33(30-12-7-6-8-13-30)37(2,3)46-36(41)44;1-3-5-7-9-11-13-15-17-19-21-23-25-27-29-31-33-35-34-32-30-28-26-24-22-20-18-16-14-12-10-8-6-4-2;1-3-6-20-8-12-22(13-9-20)23-14-10-21(11-15-23)19-34-28(2,25(32)18-31)27(33)24-17-30-16-5-4-7-26(30)29-24/h6-10,12-24,33-34,42H,5,11,25H2,1-4H3;1H,2H3;4-5,7-17,27,31,33H,3,6,18-19H2,1-2H3/t33-,34-,38-;;27-,28+/m0.0/s1. The largest absolute Gasteiger partial charge is 0.440 e. The van der Waals surface area contributed by atoms with Crippen LogP contribution in [0.5, 0.6) is 0 Å². The average Bonchev–Trinajstić information content (AvgIpc) is 1.61. The van der Waals surface area contributed by atoms with E-state index in [1.807, 2.05) is 116 Å². The van der Waals surface area contributed by atoms with Gasteiger partial charge in [0.2, 0.25) is 0 Å². The Balaban J connectivity index is 0.000000220. The first-order valence-corrected chi connectivity index (χ1v) is 36.0. The van der Waals surface area contributed by atoms with E-state index in [0.29, 0.717) is 17.0 Å². The zero-order valence-corrected chi connectivity index (χ0v) is 64.2. The Kier molecular flexibility index (Phi) is 33.1. The molecule has 2 amide bonds. The molecule has 5 aromatic carbocycles. The van der Waals surface area contributed by atoms with Gasteiger partial charge in [0.05, 0.1) is 24.6 Å². The minimum Gasteiger partial charge on any atom is -0.440 e. The number of aliphatic hydroxyl groups excluding tert-OH is 3. The number of hydrogen-bond acceptors (Lipinski definition) is 11. The van der Waals surface area contributed by atoms with Crippen LogP contribution < -0.4 is 0 Å². The number of hydrogen-bond donors (Lipinski definition) is 3. The van der Waals surface area contributed by atoms with Gasteiger partial charge in [-0.1, -0.05) is 172 Å². The molecule has 14 nitrogen and oxygen atoms in total. The van der Waals surface area contributed by atoms with Crippen LogP contribution in [-0.4, -0.2) is 80.2 Å². The number of terminal acetylenes is 1. The summed E-state index contributed by atoms with van der Waals surface area (Å²) in [5.41, 5.74) is 6.63. The summed E-state index contributed by atoms with van der Waals surface area (Å²) >= 11 is 0. The third kappa shape index (κ3) is 25.5. The summed E-state index contributed by atoms with van der Waals surface area (Å²) in [6, 6.07) is 52.4. The number of nitrogens with zero attached hydrogens (tertiary/aromatic N) is 5. The molecular formula is C101H73N5O9. The summed E-state index contributed by atoms with van der Waals surface area (Å²) in [5.74, 6) is 80.6. The van der Waals surface area contributed by atoms with Gasteiger partial charge in [0.15, 0.2) is 17.0 Å². The average molecular weight is 1500 g/mol. The number of cyclic esters (lactones) is 1. The number of imide groups is 1. The van der Waals surface area contributed by atoms with Crippen LogP contribution in [0, 0.1) is 202 Å². The molecule has 0 radical (unpaired) electrons. The molecule has 0 aliphatic carbocycles. The van der Waals surface area contributed by atoms with Crippen molar-refractivity contribution in [3.63, 3.8) is 0 Å². The second-order valence-corrected chi connectivity index (χ2v) is 25.5. The Bertz CT molecular complexity index is 6160. The van der Waals surface area contributed by atoms with E-state index in [2.05, 4.69) is 268 Å². The highest BCUT2D eigenvalue weighted by molar-refractivity contribution is 5.99. The highest BCUT2D eigenvalue weighted by Crippen LogP contribution is 2.45. The van der Waals surface area contributed by atoms with E-state index in [4.69, 9.17) is 20.6 Å². The van der Waals surface area contributed by atoms with Crippen LogP contribution in [0.1, 0.15) is 119 Å². The predicted octanol–water partition coefficient (Wildman–Crippen LogP) is 12.7. The molecule has 1 fully saturated rings. The van der Waals surface area contributed by atoms with Crippen LogP contribution in [0.2, 0.25) is 0 Å². The molecule has 556 valence electrons. The number of benzene rings is 5. The van der Waals surface area contributed by atoms with E-state index >= 15 is 0 Å². The molecule has 4 aromatic heterocycles. The number of carbonyl (C=O) groups is 3. The normalized spacial score (nSPS) is 12.5. The van der Waals surface area contributed by atoms with Crippen molar-refractivity contribution in [3.8, 4) is 224 Å². The summed E-state index contributed by atoms with van der Waals surface area (Å²) < 4.78 is 21.6. The quantitative estimate of drug-likeness (QED) is 0.0619. The maximum absolute atomic E-state index is 14.6. The van der Waals surface area contributed by atoms with Gasteiger partial charge in [0.1, 0.15) is 41.8 Å². The van der Waals surface area contributed by atoms with Crippen molar-refractivity contribution < 1.29 is 43.9 Å². The number of Topliss-reactive ketones (excluding diaryl/α,β-unsaturated/α-hetero) is 1. The van der Waals surface area contributed by atoms with E-state index in [0.717, 1.165) is 69.5 Å². The van der Waals surface area contributed by atoms with Gasteiger partial charge in [0.25, 0.3) is 5.91 Å². The molecule has 1 aliphatic heterocycles. The van der Waals surface area contributed by atoms with Crippen LogP contribution in [-0.2, 0) is 49.9 Å². The number of ketones is 1. The summed E-state index contributed by atoms with van der Waals surface area (Å²) in [5, 5.41) is 32.5. The maximum Gasteiger partial charge on any atom is 0.417 e. The molecule has 115 heavy (non-hydrogen) atoms. The molecule has 0 unspecified atom stereocenters. The number of fused-ring (bicyclic) bond motifs is 2. The highest BCUT2D eigenvalue weighted by atomic mass is 16.6. The van der Waals surface area contributed by atoms with Gasteiger partial charge in [-0.15, -0.1) is 6.42 Å². The third-order valence-corrected chi connectivity index (χ3v) is 17.0. The lowest BCUT2D eigenvalue weighted by Crippen LogP contribution is -2.54. The van der Waals surface area contributed by atoms with Crippen molar-refractivity contribution >= 4 is 29.1 Å². The van der Waals surface area contributed by atoms with E-state index in [1.54, 1.807) is 54.1 Å². The van der Waals surface area contributed by atoms with Crippen LogP contribution in [0.15, 0.2) is 189 Å². The molecule has 0 saturated carbocycles. The molecular weight excluding hydrogens is 1430 g/mol. The number of carbonyl (C=O) groups excluding carboxylic acids is 3. The lowest BCUT2D eigenvalue weighted by molar-refractivity contribution is -0.175. The Morgan fingerprint density at radius 2 is 0.791 bits per heavy atom. The lowest BCUT2D eigenvalue weighted by atomic mass is 9.88. The van der Waals surface area contributed by atoms with Gasteiger partial charge >= 0.3 is 6.09 Å². The molecule has 1 aliphatic rings. The Hall–Kier alpha value is -15.6. The molecule has 10 rings (SSSR count). The number of amides is 2. The zero-order valence-electron chi connectivity index (χ0n) is 64.2. The maximum atomic E-state index is 14.6. The second kappa shape index (κ2) is 44.8. The van der Waals surface area contributed by atoms with Gasteiger partial charge in [-0.3, -0.25) is 9.59 Å². The van der Waals surface area contributed by atoms with Gasteiger partial charge < -0.3 is 38.3 Å². The first kappa shape index (κ1) is 85.0. The molecule has 5 heterocycles. The van der Waals surface area contributed by atoms with Crippen LogP contribution in [0.3, 0.4) is 0 Å². The topological polar surface area (TPSA) is 177 Å². The van der Waals surface area contributed by atoms with Crippen molar-refractivity contribution in [3.05, 3.63) is 228 Å². The molecule has 0 spiro atoms. The molecule has 1 saturated heterocycles. The molecule has 0 bridgehead atoms. The first-order chi connectivity index (χ1) is 56.0. The summed E-state index contributed by atoms with van der Waals surface area (Å²) in [7, 11) is 0. The molecule has 14 heteroatoms. The summed E-state index contributed by atoms with van der Waals surface area (Å²) in [4.78, 5) is 50.7. The summed E-state index contributed by atoms with van der Waals surface area (Å²) in [6.07, 6.45) is 12.6. The fourth-order valence-corrected chi connectivity index (χ4v) is 11.2. The van der Waals surface area contributed by atoms with Crippen LogP contribution in [0.25, 0.3) is 33.5 Å². The number of pyridine rings is 2.